The molecule has 2 aromatic heterocycles. The van der Waals surface area contributed by atoms with Crippen LogP contribution < -0.4 is 0 Å². The number of hydrogen-bond donors (Lipinski definition) is 0. The summed E-state index contributed by atoms with van der Waals surface area (Å²) in [5.74, 6) is 0. The fourth-order valence-corrected chi connectivity index (χ4v) is 7.84. The molecule has 50 heavy (non-hydrogen) atoms. The number of fused-ring (bicyclic) bond motifs is 6. The van der Waals surface area contributed by atoms with E-state index in [9.17, 15) is 0 Å². The molecule has 234 valence electrons. The van der Waals surface area contributed by atoms with E-state index < -0.39 is 0 Å². The van der Waals surface area contributed by atoms with E-state index in [0.717, 1.165) is 11.4 Å². The molecule has 0 saturated heterocycles. The largest absolute Gasteiger partial charge is 0.309 e. The van der Waals surface area contributed by atoms with Crippen molar-refractivity contribution >= 4 is 43.6 Å². The second-order valence-corrected chi connectivity index (χ2v) is 13.0. The first-order valence-electron chi connectivity index (χ1n) is 17.2. The average Bonchev–Trinajstić information content (AvgIpc) is 3.70. The van der Waals surface area contributed by atoms with Crippen LogP contribution in [0.3, 0.4) is 0 Å². The fourth-order valence-electron chi connectivity index (χ4n) is 7.84. The van der Waals surface area contributed by atoms with Crippen molar-refractivity contribution in [1.82, 2.24) is 9.13 Å². The van der Waals surface area contributed by atoms with Gasteiger partial charge >= 0.3 is 0 Å². The number of benzene rings is 8. The Morgan fingerprint density at radius 1 is 0.240 bits per heavy atom. The standard InChI is InChI=1S/C48H32N2/c1-3-14-33(15-4-1)34-26-28-37(29-27-34)49-45-24-11-9-22-41(45)43-32-48-44(31-47(43)49)42-23-10-12-25-46(42)50(48)38-19-13-18-36(30-38)40-21-8-7-20-39(40)35-16-5-2-6-17-35/h1-32H. The molecule has 0 fully saturated rings. The van der Waals surface area contributed by atoms with Gasteiger partial charge in [-0.25, -0.2) is 0 Å². The van der Waals surface area contributed by atoms with Crippen molar-refractivity contribution in [3.63, 3.8) is 0 Å². The topological polar surface area (TPSA) is 9.86 Å². The first-order valence-corrected chi connectivity index (χ1v) is 17.2. The van der Waals surface area contributed by atoms with Crippen LogP contribution in [0.5, 0.6) is 0 Å². The molecule has 0 spiro atoms. The molecule has 2 heteroatoms. The Hall–Kier alpha value is -6.64. The third-order valence-corrected chi connectivity index (χ3v) is 10.1. The molecule has 0 bridgehead atoms. The summed E-state index contributed by atoms with van der Waals surface area (Å²) in [5, 5.41) is 4.98. The zero-order chi connectivity index (χ0) is 33.0. The highest BCUT2D eigenvalue weighted by Gasteiger charge is 2.19. The van der Waals surface area contributed by atoms with Crippen molar-refractivity contribution in [2.45, 2.75) is 0 Å². The summed E-state index contributed by atoms with van der Waals surface area (Å²) in [6.07, 6.45) is 0. The van der Waals surface area contributed by atoms with Gasteiger partial charge in [-0.05, 0) is 81.9 Å². The van der Waals surface area contributed by atoms with Crippen LogP contribution in [0, 0.1) is 0 Å². The third kappa shape index (κ3) is 4.50. The van der Waals surface area contributed by atoms with Gasteiger partial charge in [0.1, 0.15) is 0 Å². The number of nitrogens with zero attached hydrogens (tertiary/aromatic N) is 2. The molecule has 0 saturated carbocycles. The zero-order valence-corrected chi connectivity index (χ0v) is 27.4. The molecule has 0 amide bonds. The van der Waals surface area contributed by atoms with E-state index in [2.05, 4.69) is 203 Å². The number of rotatable bonds is 5. The summed E-state index contributed by atoms with van der Waals surface area (Å²) in [6, 6.07) is 70.4. The fraction of sp³-hybridized carbons (Fsp3) is 0. The van der Waals surface area contributed by atoms with Gasteiger partial charge in [-0.3, -0.25) is 0 Å². The maximum atomic E-state index is 2.44. The van der Waals surface area contributed by atoms with Gasteiger partial charge in [-0.2, -0.15) is 0 Å². The molecular weight excluding hydrogens is 605 g/mol. The first-order chi connectivity index (χ1) is 24.8. The van der Waals surface area contributed by atoms with E-state index in [-0.39, 0.29) is 0 Å². The molecule has 0 aliphatic heterocycles. The summed E-state index contributed by atoms with van der Waals surface area (Å²) < 4.78 is 4.87. The van der Waals surface area contributed by atoms with Crippen LogP contribution >= 0.6 is 0 Å². The number of hydrogen-bond acceptors (Lipinski definition) is 0. The van der Waals surface area contributed by atoms with Crippen LogP contribution in [0.15, 0.2) is 194 Å². The molecule has 0 atom stereocenters. The SMILES string of the molecule is c1ccc(-c2ccc(-n3c4ccccc4c4cc5c(cc43)c3ccccc3n5-c3cccc(-c4ccccc4-c4ccccc4)c3)cc2)cc1. The minimum atomic E-state index is 1.15. The van der Waals surface area contributed by atoms with Gasteiger partial charge in [0.15, 0.2) is 0 Å². The van der Waals surface area contributed by atoms with E-state index >= 15 is 0 Å². The molecule has 0 N–H and O–H groups in total. The van der Waals surface area contributed by atoms with Crippen molar-refractivity contribution < 1.29 is 0 Å². The summed E-state index contributed by atoms with van der Waals surface area (Å²) >= 11 is 0. The predicted octanol–water partition coefficient (Wildman–Crippen LogP) is 12.9. The van der Waals surface area contributed by atoms with Crippen LogP contribution in [0.4, 0.5) is 0 Å². The highest BCUT2D eigenvalue weighted by molar-refractivity contribution is 6.19. The summed E-state index contributed by atoms with van der Waals surface area (Å²) in [7, 11) is 0. The van der Waals surface area contributed by atoms with Gasteiger partial charge in [-0.15, -0.1) is 0 Å². The highest BCUT2D eigenvalue weighted by Crippen LogP contribution is 2.41. The Bertz CT molecular complexity index is 2840. The molecule has 10 rings (SSSR count). The maximum Gasteiger partial charge on any atom is 0.0548 e. The van der Waals surface area contributed by atoms with E-state index in [1.54, 1.807) is 0 Å². The van der Waals surface area contributed by atoms with Crippen LogP contribution in [0.2, 0.25) is 0 Å². The molecule has 2 nitrogen and oxygen atoms in total. The van der Waals surface area contributed by atoms with E-state index in [0.29, 0.717) is 0 Å². The van der Waals surface area contributed by atoms with Gasteiger partial charge in [-0.1, -0.05) is 146 Å². The molecule has 10 aromatic rings. The summed E-state index contributed by atoms with van der Waals surface area (Å²) in [4.78, 5) is 0. The van der Waals surface area contributed by atoms with E-state index in [1.165, 1.54) is 77.0 Å². The van der Waals surface area contributed by atoms with E-state index in [1.807, 2.05) is 0 Å². The van der Waals surface area contributed by atoms with Gasteiger partial charge in [0.25, 0.3) is 0 Å². The Morgan fingerprint density at radius 3 is 1.32 bits per heavy atom. The monoisotopic (exact) mass is 636 g/mol. The van der Waals surface area contributed by atoms with Gasteiger partial charge in [0.05, 0.1) is 22.1 Å². The smallest absolute Gasteiger partial charge is 0.0548 e. The van der Waals surface area contributed by atoms with Crippen LogP contribution in [0.25, 0.3) is 88.4 Å². The van der Waals surface area contributed by atoms with E-state index in [4.69, 9.17) is 0 Å². The Labute approximate surface area is 290 Å². The molecular formula is C48H32N2. The van der Waals surface area contributed by atoms with Crippen molar-refractivity contribution in [2.24, 2.45) is 0 Å². The number of aromatic nitrogens is 2. The molecule has 8 aromatic carbocycles. The van der Waals surface area contributed by atoms with Gasteiger partial charge in [0, 0.05) is 32.9 Å². The lowest BCUT2D eigenvalue weighted by molar-refractivity contribution is 1.17. The minimum Gasteiger partial charge on any atom is -0.309 e. The van der Waals surface area contributed by atoms with Crippen LogP contribution in [-0.4, -0.2) is 9.13 Å². The second kappa shape index (κ2) is 11.5. The molecule has 0 unspecified atom stereocenters. The summed E-state index contributed by atoms with van der Waals surface area (Å²) in [5.41, 5.74) is 14.4. The van der Waals surface area contributed by atoms with Crippen LogP contribution in [0.1, 0.15) is 0 Å². The molecule has 0 radical (unpaired) electrons. The van der Waals surface area contributed by atoms with Crippen molar-refractivity contribution in [3.05, 3.63) is 194 Å². The lowest BCUT2D eigenvalue weighted by atomic mass is 9.94. The molecule has 2 heterocycles. The molecule has 0 aliphatic rings. The predicted molar refractivity (Wildman–Crippen MR) is 211 cm³/mol. The quantitative estimate of drug-likeness (QED) is 0.178. The van der Waals surface area contributed by atoms with Gasteiger partial charge < -0.3 is 9.13 Å². The highest BCUT2D eigenvalue weighted by atomic mass is 15.0. The second-order valence-electron chi connectivity index (χ2n) is 13.0. The Morgan fingerprint density at radius 2 is 0.700 bits per heavy atom. The minimum absolute atomic E-state index is 1.15. The third-order valence-electron chi connectivity index (χ3n) is 10.1. The van der Waals surface area contributed by atoms with Crippen molar-refractivity contribution in [2.75, 3.05) is 0 Å². The van der Waals surface area contributed by atoms with Crippen LogP contribution in [-0.2, 0) is 0 Å². The normalized spacial score (nSPS) is 11.6. The zero-order valence-electron chi connectivity index (χ0n) is 27.4. The van der Waals surface area contributed by atoms with Crippen molar-refractivity contribution in [1.29, 1.82) is 0 Å². The van der Waals surface area contributed by atoms with Gasteiger partial charge in [0.2, 0.25) is 0 Å². The van der Waals surface area contributed by atoms with Crippen molar-refractivity contribution in [3.8, 4) is 44.8 Å². The lowest BCUT2D eigenvalue weighted by Crippen LogP contribution is -1.95. The number of para-hydroxylation sites is 2. The first kappa shape index (κ1) is 28.4. The Balaban J connectivity index is 1.19. The molecule has 0 aliphatic carbocycles. The maximum absolute atomic E-state index is 2.44. The summed E-state index contributed by atoms with van der Waals surface area (Å²) in [6.45, 7) is 0. The Kier molecular flexibility index (Phi) is 6.53. The lowest BCUT2D eigenvalue weighted by Gasteiger charge is -2.13. The average molecular weight is 637 g/mol.